The highest BCUT2D eigenvalue weighted by Gasteiger charge is 2.08. The summed E-state index contributed by atoms with van der Waals surface area (Å²) < 4.78 is 12.7. The fraction of sp³-hybridized carbons (Fsp3) is 0.286. The summed E-state index contributed by atoms with van der Waals surface area (Å²) in [7, 11) is 0. The molecule has 1 amide bonds. The van der Waals surface area contributed by atoms with Gasteiger partial charge in [-0.15, -0.1) is 11.3 Å². The standard InChI is InChI=1S/C14H15FN2OS/c1-9-13(19-10(2)16-9)7-8-14(18)17-12-5-3-11(15)4-6-12/h3-6H,7-8H2,1-2H3,(H,17,18). The second-order valence-electron chi connectivity index (χ2n) is 4.30. The van der Waals surface area contributed by atoms with Crippen molar-refractivity contribution < 1.29 is 9.18 Å². The maximum Gasteiger partial charge on any atom is 0.224 e. The number of rotatable bonds is 4. The predicted molar refractivity (Wildman–Crippen MR) is 74.9 cm³/mol. The van der Waals surface area contributed by atoms with Crippen molar-refractivity contribution in [1.29, 1.82) is 0 Å². The van der Waals surface area contributed by atoms with E-state index in [9.17, 15) is 9.18 Å². The van der Waals surface area contributed by atoms with Gasteiger partial charge in [-0.1, -0.05) is 0 Å². The summed E-state index contributed by atoms with van der Waals surface area (Å²) in [5, 5.41) is 3.76. The van der Waals surface area contributed by atoms with Gasteiger partial charge >= 0.3 is 0 Å². The van der Waals surface area contributed by atoms with Gasteiger partial charge < -0.3 is 5.32 Å². The molecule has 0 aliphatic carbocycles. The topological polar surface area (TPSA) is 42.0 Å². The fourth-order valence-electron chi connectivity index (χ4n) is 1.79. The highest BCUT2D eigenvalue weighted by atomic mass is 32.1. The summed E-state index contributed by atoms with van der Waals surface area (Å²) in [4.78, 5) is 17.2. The molecule has 100 valence electrons. The number of thiazole rings is 1. The largest absolute Gasteiger partial charge is 0.326 e. The number of carbonyl (C=O) groups is 1. The van der Waals surface area contributed by atoms with Crippen molar-refractivity contribution in [3.05, 3.63) is 45.7 Å². The number of amides is 1. The predicted octanol–water partition coefficient (Wildman–Crippen LogP) is 3.47. The summed E-state index contributed by atoms with van der Waals surface area (Å²) in [5.41, 5.74) is 1.61. The Morgan fingerprint density at radius 3 is 2.58 bits per heavy atom. The number of nitrogens with zero attached hydrogens (tertiary/aromatic N) is 1. The second-order valence-corrected chi connectivity index (χ2v) is 5.58. The number of hydrogen-bond acceptors (Lipinski definition) is 3. The Morgan fingerprint density at radius 2 is 2.00 bits per heavy atom. The molecular formula is C14H15FN2OS. The molecule has 0 aliphatic heterocycles. The number of nitrogens with one attached hydrogen (secondary N) is 1. The molecule has 0 radical (unpaired) electrons. The molecule has 3 nitrogen and oxygen atoms in total. The van der Waals surface area contributed by atoms with Gasteiger partial charge in [0.1, 0.15) is 5.82 Å². The molecule has 0 fully saturated rings. The van der Waals surface area contributed by atoms with Crippen LogP contribution in [0.15, 0.2) is 24.3 Å². The lowest BCUT2D eigenvalue weighted by molar-refractivity contribution is -0.116. The molecule has 5 heteroatoms. The zero-order valence-corrected chi connectivity index (χ0v) is 11.7. The van der Waals surface area contributed by atoms with Gasteiger partial charge in [-0.25, -0.2) is 9.37 Å². The van der Waals surface area contributed by atoms with E-state index in [0.717, 1.165) is 15.6 Å². The minimum Gasteiger partial charge on any atom is -0.326 e. The van der Waals surface area contributed by atoms with Crippen LogP contribution in [0.4, 0.5) is 10.1 Å². The van der Waals surface area contributed by atoms with Crippen LogP contribution in [0.2, 0.25) is 0 Å². The van der Waals surface area contributed by atoms with E-state index in [2.05, 4.69) is 10.3 Å². The Balaban J connectivity index is 1.88. The van der Waals surface area contributed by atoms with Crippen molar-refractivity contribution >= 4 is 22.9 Å². The van der Waals surface area contributed by atoms with Crippen LogP contribution in [0.3, 0.4) is 0 Å². The zero-order chi connectivity index (χ0) is 13.8. The van der Waals surface area contributed by atoms with Crippen LogP contribution in [0.5, 0.6) is 0 Å². The van der Waals surface area contributed by atoms with E-state index >= 15 is 0 Å². The summed E-state index contributed by atoms with van der Waals surface area (Å²) in [6.45, 7) is 3.91. The van der Waals surface area contributed by atoms with Gasteiger partial charge in [0, 0.05) is 17.0 Å². The van der Waals surface area contributed by atoms with E-state index in [1.54, 1.807) is 23.5 Å². The lowest BCUT2D eigenvalue weighted by atomic mass is 10.2. The normalized spacial score (nSPS) is 10.5. The summed E-state index contributed by atoms with van der Waals surface area (Å²) >= 11 is 1.62. The minimum atomic E-state index is -0.311. The number of halogens is 1. The number of aromatic nitrogens is 1. The van der Waals surface area contributed by atoms with E-state index in [-0.39, 0.29) is 11.7 Å². The van der Waals surface area contributed by atoms with Gasteiger partial charge in [-0.05, 0) is 44.5 Å². The first-order chi connectivity index (χ1) is 9.04. The van der Waals surface area contributed by atoms with Crippen molar-refractivity contribution in [3.63, 3.8) is 0 Å². The van der Waals surface area contributed by atoms with Gasteiger partial charge in [-0.2, -0.15) is 0 Å². The van der Waals surface area contributed by atoms with Crippen LogP contribution < -0.4 is 5.32 Å². The highest BCUT2D eigenvalue weighted by molar-refractivity contribution is 7.11. The molecule has 0 unspecified atom stereocenters. The van der Waals surface area contributed by atoms with Crippen LogP contribution >= 0.6 is 11.3 Å². The number of hydrogen-bond donors (Lipinski definition) is 1. The van der Waals surface area contributed by atoms with Crippen molar-refractivity contribution in [2.45, 2.75) is 26.7 Å². The Labute approximate surface area is 115 Å². The Hall–Kier alpha value is -1.75. The molecule has 1 heterocycles. The van der Waals surface area contributed by atoms with Crippen molar-refractivity contribution in [1.82, 2.24) is 4.98 Å². The molecule has 1 N–H and O–H groups in total. The molecule has 2 aromatic rings. The third kappa shape index (κ3) is 3.86. The highest BCUT2D eigenvalue weighted by Crippen LogP contribution is 2.19. The summed E-state index contributed by atoms with van der Waals surface area (Å²) in [6.07, 6.45) is 1.09. The lowest BCUT2D eigenvalue weighted by Crippen LogP contribution is -2.12. The Bertz CT molecular complexity index is 578. The number of carbonyl (C=O) groups excluding carboxylic acids is 1. The summed E-state index contributed by atoms with van der Waals surface area (Å²) in [6, 6.07) is 5.75. The Kier molecular flexibility index (Phi) is 4.27. The third-order valence-electron chi connectivity index (χ3n) is 2.71. The molecule has 0 atom stereocenters. The van der Waals surface area contributed by atoms with Crippen LogP contribution in [0.1, 0.15) is 22.0 Å². The van der Waals surface area contributed by atoms with Gasteiger partial charge in [0.15, 0.2) is 0 Å². The average molecular weight is 278 g/mol. The van der Waals surface area contributed by atoms with E-state index in [1.165, 1.54) is 12.1 Å². The minimum absolute atomic E-state index is 0.0722. The van der Waals surface area contributed by atoms with Crippen LogP contribution in [-0.4, -0.2) is 10.9 Å². The quantitative estimate of drug-likeness (QED) is 0.930. The van der Waals surface area contributed by atoms with Gasteiger partial charge in [0.05, 0.1) is 10.7 Å². The first-order valence-corrected chi connectivity index (χ1v) is 6.84. The second kappa shape index (κ2) is 5.93. The maximum atomic E-state index is 12.7. The van der Waals surface area contributed by atoms with Gasteiger partial charge in [0.25, 0.3) is 0 Å². The molecular weight excluding hydrogens is 263 g/mol. The van der Waals surface area contributed by atoms with E-state index < -0.39 is 0 Å². The Morgan fingerprint density at radius 1 is 1.32 bits per heavy atom. The SMILES string of the molecule is Cc1nc(C)c(CCC(=O)Nc2ccc(F)cc2)s1. The molecule has 1 aromatic carbocycles. The first-order valence-electron chi connectivity index (χ1n) is 6.03. The third-order valence-corrected chi connectivity index (χ3v) is 3.84. The smallest absolute Gasteiger partial charge is 0.224 e. The molecule has 0 spiro atoms. The molecule has 0 aliphatic rings. The molecule has 19 heavy (non-hydrogen) atoms. The maximum absolute atomic E-state index is 12.7. The van der Waals surface area contributed by atoms with Crippen LogP contribution in [0, 0.1) is 19.7 Å². The monoisotopic (exact) mass is 278 g/mol. The first kappa shape index (κ1) is 13.7. The van der Waals surface area contributed by atoms with Crippen LogP contribution in [-0.2, 0) is 11.2 Å². The summed E-state index contributed by atoms with van der Waals surface area (Å²) in [5.74, 6) is -0.383. The van der Waals surface area contributed by atoms with E-state index in [4.69, 9.17) is 0 Å². The van der Waals surface area contributed by atoms with E-state index in [0.29, 0.717) is 18.5 Å². The number of anilines is 1. The van der Waals surface area contributed by atoms with E-state index in [1.807, 2.05) is 13.8 Å². The fourth-order valence-corrected chi connectivity index (χ4v) is 2.73. The zero-order valence-electron chi connectivity index (χ0n) is 10.9. The number of benzene rings is 1. The van der Waals surface area contributed by atoms with Crippen molar-refractivity contribution in [3.8, 4) is 0 Å². The van der Waals surface area contributed by atoms with Gasteiger partial charge in [-0.3, -0.25) is 4.79 Å². The molecule has 2 rings (SSSR count). The molecule has 0 saturated carbocycles. The molecule has 0 bridgehead atoms. The van der Waals surface area contributed by atoms with Crippen molar-refractivity contribution in [2.24, 2.45) is 0 Å². The van der Waals surface area contributed by atoms with Crippen LogP contribution in [0.25, 0.3) is 0 Å². The lowest BCUT2D eigenvalue weighted by Gasteiger charge is -2.04. The molecule has 0 saturated heterocycles. The van der Waals surface area contributed by atoms with Crippen molar-refractivity contribution in [2.75, 3.05) is 5.32 Å². The average Bonchev–Trinajstić information content (AvgIpc) is 2.68. The number of aryl methyl sites for hydroxylation is 3. The van der Waals surface area contributed by atoms with Gasteiger partial charge in [0.2, 0.25) is 5.91 Å². The molecule has 1 aromatic heterocycles.